The summed E-state index contributed by atoms with van der Waals surface area (Å²) >= 11 is 0. The van der Waals surface area contributed by atoms with Gasteiger partial charge in [-0.1, -0.05) is 6.92 Å². The van der Waals surface area contributed by atoms with Gasteiger partial charge in [-0.05, 0) is 25.2 Å². The smallest absolute Gasteiger partial charge is 0.0789 e. The highest BCUT2D eigenvalue weighted by atomic mass is 15.4. The summed E-state index contributed by atoms with van der Waals surface area (Å²) in [6.45, 7) is 8.39. The molecule has 0 bridgehead atoms. The van der Waals surface area contributed by atoms with Crippen molar-refractivity contribution in [3.63, 3.8) is 0 Å². The number of hydrogen-bond acceptors (Lipinski definition) is 0. The molecule has 0 amide bonds. The summed E-state index contributed by atoms with van der Waals surface area (Å²) in [5.41, 5.74) is 0. The Morgan fingerprint density at radius 2 is 1.50 bits per heavy atom. The van der Waals surface area contributed by atoms with Gasteiger partial charge in [-0.3, -0.25) is 0 Å². The van der Waals surface area contributed by atoms with E-state index in [1.54, 1.807) is 0 Å². The van der Waals surface area contributed by atoms with Crippen LogP contribution in [0.15, 0.2) is 0 Å². The summed E-state index contributed by atoms with van der Waals surface area (Å²) in [5, 5.41) is 0. The minimum atomic E-state index is 1.00. The van der Waals surface area contributed by atoms with E-state index >= 15 is 0 Å². The second-order valence-electron chi connectivity index (χ2n) is 4.98. The van der Waals surface area contributed by atoms with Crippen molar-refractivity contribution in [2.45, 2.75) is 39.0 Å². The Morgan fingerprint density at radius 3 is 2.25 bits per heavy atom. The molecule has 1 atom stereocenters. The third kappa shape index (κ3) is 1.66. The summed E-state index contributed by atoms with van der Waals surface area (Å²) in [6.07, 6.45) is 7.45. The maximum atomic E-state index is 2.43. The highest BCUT2D eigenvalue weighted by molar-refractivity contribution is 4.63. The van der Waals surface area contributed by atoms with E-state index in [9.17, 15) is 0 Å². The number of quaternary nitrogens is 1. The van der Waals surface area contributed by atoms with E-state index in [0.29, 0.717) is 0 Å². The maximum absolute atomic E-state index is 2.43. The lowest BCUT2D eigenvalue weighted by atomic mass is 10.0. The van der Waals surface area contributed by atoms with Gasteiger partial charge in [-0.15, -0.1) is 0 Å². The Morgan fingerprint density at radius 1 is 0.833 bits per heavy atom. The van der Waals surface area contributed by atoms with Crippen LogP contribution in [-0.4, -0.2) is 30.7 Å². The molecule has 0 aliphatic carbocycles. The molecule has 2 saturated heterocycles. The van der Waals surface area contributed by atoms with Crippen molar-refractivity contribution in [1.29, 1.82) is 0 Å². The van der Waals surface area contributed by atoms with Gasteiger partial charge in [0.25, 0.3) is 0 Å². The molecule has 0 aromatic rings. The Hall–Kier alpha value is -0.0400. The molecule has 0 aromatic heterocycles. The van der Waals surface area contributed by atoms with E-state index in [2.05, 4.69) is 6.92 Å². The summed E-state index contributed by atoms with van der Waals surface area (Å²) < 4.78 is 1.49. The summed E-state index contributed by atoms with van der Waals surface area (Å²) in [5.74, 6) is 1.00. The molecule has 70 valence electrons. The van der Waals surface area contributed by atoms with E-state index in [-0.39, 0.29) is 0 Å². The van der Waals surface area contributed by atoms with Crippen LogP contribution in [0.5, 0.6) is 0 Å². The van der Waals surface area contributed by atoms with E-state index in [4.69, 9.17) is 0 Å². The molecule has 1 spiro atoms. The molecule has 1 heteroatoms. The zero-order chi connectivity index (χ0) is 8.44. The van der Waals surface area contributed by atoms with Crippen LogP contribution in [-0.2, 0) is 0 Å². The van der Waals surface area contributed by atoms with Gasteiger partial charge in [0.2, 0.25) is 0 Å². The first-order chi connectivity index (χ1) is 5.81. The molecule has 2 heterocycles. The number of hydrogen-bond donors (Lipinski definition) is 0. The molecule has 2 aliphatic heterocycles. The largest absolute Gasteiger partial charge is 0.324 e. The second-order valence-corrected chi connectivity index (χ2v) is 4.98. The Kier molecular flexibility index (Phi) is 2.40. The maximum Gasteiger partial charge on any atom is 0.0789 e. The van der Waals surface area contributed by atoms with Crippen LogP contribution in [0.25, 0.3) is 0 Å². The Bertz CT molecular complexity index is 147. The average molecular weight is 168 g/mol. The fourth-order valence-electron chi connectivity index (χ4n) is 2.98. The van der Waals surface area contributed by atoms with Crippen molar-refractivity contribution in [2.24, 2.45) is 5.92 Å². The van der Waals surface area contributed by atoms with Gasteiger partial charge in [0, 0.05) is 12.8 Å². The Balaban J connectivity index is 1.97. The number of rotatable bonds is 0. The minimum absolute atomic E-state index is 1.00. The van der Waals surface area contributed by atoms with Crippen molar-refractivity contribution in [3.05, 3.63) is 0 Å². The molecular formula is C11H22N+. The first-order valence-electron chi connectivity index (χ1n) is 5.66. The topological polar surface area (TPSA) is 0 Å². The van der Waals surface area contributed by atoms with Crippen LogP contribution >= 0.6 is 0 Å². The zero-order valence-electron chi connectivity index (χ0n) is 8.39. The second kappa shape index (κ2) is 3.37. The molecule has 2 fully saturated rings. The van der Waals surface area contributed by atoms with Gasteiger partial charge in [-0.25, -0.2) is 0 Å². The molecule has 0 aromatic carbocycles. The van der Waals surface area contributed by atoms with Crippen LogP contribution < -0.4 is 0 Å². The van der Waals surface area contributed by atoms with Gasteiger partial charge in [0.1, 0.15) is 0 Å². The summed E-state index contributed by atoms with van der Waals surface area (Å²) in [6, 6.07) is 0. The Labute approximate surface area is 76.3 Å². The molecule has 1 nitrogen and oxygen atoms in total. The van der Waals surface area contributed by atoms with Crippen LogP contribution in [0.4, 0.5) is 0 Å². The highest BCUT2D eigenvalue weighted by Gasteiger charge is 2.33. The zero-order valence-corrected chi connectivity index (χ0v) is 8.39. The number of nitrogens with zero attached hydrogens (tertiary/aromatic N) is 1. The molecule has 12 heavy (non-hydrogen) atoms. The van der Waals surface area contributed by atoms with Crippen molar-refractivity contribution in [2.75, 3.05) is 26.2 Å². The van der Waals surface area contributed by atoms with Gasteiger partial charge in [0.05, 0.1) is 26.2 Å². The molecule has 2 rings (SSSR count). The van der Waals surface area contributed by atoms with E-state index in [1.807, 2.05) is 0 Å². The summed E-state index contributed by atoms with van der Waals surface area (Å²) in [7, 11) is 0. The highest BCUT2D eigenvalue weighted by Crippen LogP contribution is 2.27. The fourth-order valence-corrected chi connectivity index (χ4v) is 2.98. The van der Waals surface area contributed by atoms with Crippen molar-refractivity contribution >= 4 is 0 Å². The lowest BCUT2D eigenvalue weighted by Crippen LogP contribution is -2.45. The standard InChI is InChI=1S/C11H22N/c1-11-5-4-9-12(10-6-11)7-2-3-8-12/h11H,2-10H2,1H3/q+1. The molecule has 2 aliphatic rings. The lowest BCUT2D eigenvalue weighted by molar-refractivity contribution is -0.916. The van der Waals surface area contributed by atoms with Crippen LogP contribution in [0.2, 0.25) is 0 Å². The van der Waals surface area contributed by atoms with Crippen LogP contribution in [0, 0.1) is 5.92 Å². The molecule has 0 radical (unpaired) electrons. The normalized spacial score (nSPS) is 35.2. The van der Waals surface area contributed by atoms with Crippen molar-refractivity contribution in [1.82, 2.24) is 0 Å². The van der Waals surface area contributed by atoms with E-state index in [1.165, 1.54) is 62.8 Å². The predicted octanol–water partition coefficient (Wildman–Crippen LogP) is 2.42. The van der Waals surface area contributed by atoms with Crippen LogP contribution in [0.1, 0.15) is 39.0 Å². The van der Waals surface area contributed by atoms with Gasteiger partial charge >= 0.3 is 0 Å². The van der Waals surface area contributed by atoms with Gasteiger partial charge in [0.15, 0.2) is 0 Å². The summed E-state index contributed by atoms with van der Waals surface area (Å²) in [4.78, 5) is 0. The van der Waals surface area contributed by atoms with Crippen LogP contribution in [0.3, 0.4) is 0 Å². The van der Waals surface area contributed by atoms with Crippen molar-refractivity contribution < 1.29 is 4.48 Å². The van der Waals surface area contributed by atoms with Gasteiger partial charge in [-0.2, -0.15) is 0 Å². The van der Waals surface area contributed by atoms with E-state index in [0.717, 1.165) is 5.92 Å². The molecule has 1 unspecified atom stereocenters. The predicted molar refractivity (Wildman–Crippen MR) is 52.0 cm³/mol. The van der Waals surface area contributed by atoms with E-state index < -0.39 is 0 Å². The molecular weight excluding hydrogens is 146 g/mol. The monoisotopic (exact) mass is 168 g/mol. The molecule has 0 saturated carbocycles. The first kappa shape index (κ1) is 8.55. The minimum Gasteiger partial charge on any atom is -0.324 e. The lowest BCUT2D eigenvalue weighted by Gasteiger charge is -2.32. The fraction of sp³-hybridized carbons (Fsp3) is 1.00. The first-order valence-corrected chi connectivity index (χ1v) is 5.66. The third-order valence-electron chi connectivity index (χ3n) is 3.94. The van der Waals surface area contributed by atoms with Gasteiger partial charge < -0.3 is 4.48 Å². The third-order valence-corrected chi connectivity index (χ3v) is 3.94. The van der Waals surface area contributed by atoms with Crippen molar-refractivity contribution in [3.8, 4) is 0 Å². The quantitative estimate of drug-likeness (QED) is 0.487. The SMILES string of the molecule is CC1CCC[N+]2(CCCC2)CC1. The molecule has 0 N–H and O–H groups in total. The average Bonchev–Trinajstić information content (AvgIpc) is 2.42.